The molecule has 0 saturated heterocycles. The first-order valence-electron chi connectivity index (χ1n) is 6.14. The zero-order valence-electron chi connectivity index (χ0n) is 11.4. The first-order valence-corrected chi connectivity index (χ1v) is 7.21. The predicted octanol–water partition coefficient (Wildman–Crippen LogP) is 2.95. The number of ether oxygens (including phenoxy) is 1. The lowest BCUT2D eigenvalue weighted by molar-refractivity contribution is 0.0600. The Kier molecular flexibility index (Phi) is 6.27. The van der Waals surface area contributed by atoms with Crippen LogP contribution < -0.4 is 0 Å². The van der Waals surface area contributed by atoms with Crippen molar-refractivity contribution in [3.8, 4) is 0 Å². The number of esters is 1. The standard InChI is InChI=1S/C14H18INO3/c1-4-5-6-16(2)13(17)10-7-11(14(18)19-3)9-12(15)8-10/h7-9H,4-6H2,1-3H3. The third-order valence-electron chi connectivity index (χ3n) is 2.76. The molecule has 4 nitrogen and oxygen atoms in total. The number of benzene rings is 1. The molecule has 19 heavy (non-hydrogen) atoms. The molecule has 0 saturated carbocycles. The van der Waals surface area contributed by atoms with Crippen LogP contribution in [0.2, 0.25) is 0 Å². The fourth-order valence-corrected chi connectivity index (χ4v) is 2.34. The molecule has 0 spiro atoms. The number of rotatable bonds is 5. The predicted molar refractivity (Wildman–Crippen MR) is 82.4 cm³/mol. The van der Waals surface area contributed by atoms with Crippen LogP contribution in [0.1, 0.15) is 40.5 Å². The highest BCUT2D eigenvalue weighted by atomic mass is 127. The van der Waals surface area contributed by atoms with Crippen molar-refractivity contribution in [3.05, 3.63) is 32.9 Å². The molecule has 1 aromatic rings. The van der Waals surface area contributed by atoms with Crippen LogP contribution in [0.4, 0.5) is 0 Å². The summed E-state index contributed by atoms with van der Waals surface area (Å²) in [5.74, 6) is -0.499. The molecule has 0 atom stereocenters. The van der Waals surface area contributed by atoms with Gasteiger partial charge in [-0.1, -0.05) is 13.3 Å². The summed E-state index contributed by atoms with van der Waals surface area (Å²) in [4.78, 5) is 25.4. The molecule has 0 aliphatic heterocycles. The number of unbranched alkanes of at least 4 members (excludes halogenated alkanes) is 1. The molecule has 104 valence electrons. The van der Waals surface area contributed by atoms with Crippen LogP contribution in [0.15, 0.2) is 18.2 Å². The zero-order chi connectivity index (χ0) is 14.4. The van der Waals surface area contributed by atoms with Gasteiger partial charge in [0.05, 0.1) is 12.7 Å². The van der Waals surface area contributed by atoms with Gasteiger partial charge >= 0.3 is 5.97 Å². The smallest absolute Gasteiger partial charge is 0.337 e. The van der Waals surface area contributed by atoms with Crippen molar-refractivity contribution >= 4 is 34.5 Å². The summed E-state index contributed by atoms with van der Waals surface area (Å²) in [6.07, 6.45) is 2.01. The van der Waals surface area contributed by atoms with E-state index in [0.717, 1.165) is 16.4 Å². The number of nitrogens with zero attached hydrogens (tertiary/aromatic N) is 1. The van der Waals surface area contributed by atoms with Gasteiger partial charge in [-0.3, -0.25) is 4.79 Å². The summed E-state index contributed by atoms with van der Waals surface area (Å²) >= 11 is 2.09. The number of amides is 1. The SMILES string of the molecule is CCCCN(C)C(=O)c1cc(I)cc(C(=O)OC)c1. The second-order valence-corrected chi connectivity index (χ2v) is 5.55. The van der Waals surface area contributed by atoms with Gasteiger partial charge in [0.15, 0.2) is 0 Å². The monoisotopic (exact) mass is 375 g/mol. The third kappa shape index (κ3) is 4.49. The Morgan fingerprint density at radius 3 is 2.47 bits per heavy atom. The summed E-state index contributed by atoms with van der Waals surface area (Å²) in [6.45, 7) is 2.80. The minimum absolute atomic E-state index is 0.0721. The van der Waals surface area contributed by atoms with Gasteiger partial charge in [0.25, 0.3) is 5.91 Å². The van der Waals surface area contributed by atoms with E-state index >= 15 is 0 Å². The van der Waals surface area contributed by atoms with Crippen molar-refractivity contribution in [2.24, 2.45) is 0 Å². The highest BCUT2D eigenvalue weighted by molar-refractivity contribution is 14.1. The van der Waals surface area contributed by atoms with E-state index in [1.165, 1.54) is 7.11 Å². The average molecular weight is 375 g/mol. The van der Waals surface area contributed by atoms with Gasteiger partial charge in [0, 0.05) is 22.7 Å². The van der Waals surface area contributed by atoms with E-state index in [1.54, 1.807) is 30.1 Å². The number of methoxy groups -OCH3 is 1. The summed E-state index contributed by atoms with van der Waals surface area (Å²) in [7, 11) is 3.10. The van der Waals surface area contributed by atoms with E-state index in [-0.39, 0.29) is 5.91 Å². The quantitative estimate of drug-likeness (QED) is 0.587. The fraction of sp³-hybridized carbons (Fsp3) is 0.429. The van der Waals surface area contributed by atoms with E-state index in [0.29, 0.717) is 17.7 Å². The van der Waals surface area contributed by atoms with E-state index in [1.807, 2.05) is 0 Å². The topological polar surface area (TPSA) is 46.6 Å². The first-order chi connectivity index (χ1) is 8.99. The molecule has 0 N–H and O–H groups in total. The summed E-state index contributed by atoms with van der Waals surface area (Å²) in [5.41, 5.74) is 0.924. The highest BCUT2D eigenvalue weighted by Gasteiger charge is 2.15. The van der Waals surface area contributed by atoms with Gasteiger partial charge in [0.1, 0.15) is 0 Å². The molecule has 1 rings (SSSR count). The van der Waals surface area contributed by atoms with Crippen LogP contribution in [0.3, 0.4) is 0 Å². The molecule has 0 aliphatic rings. The lowest BCUT2D eigenvalue weighted by Crippen LogP contribution is -2.28. The summed E-state index contributed by atoms with van der Waals surface area (Å²) < 4.78 is 5.52. The van der Waals surface area contributed by atoms with E-state index in [4.69, 9.17) is 0 Å². The Labute approximate surface area is 127 Å². The maximum atomic E-state index is 12.2. The molecule has 0 bridgehead atoms. The Morgan fingerprint density at radius 2 is 1.89 bits per heavy atom. The van der Waals surface area contributed by atoms with Crippen LogP contribution >= 0.6 is 22.6 Å². The molecule has 1 aromatic carbocycles. The molecule has 0 aliphatic carbocycles. The van der Waals surface area contributed by atoms with Crippen molar-refractivity contribution < 1.29 is 14.3 Å². The number of halogens is 1. The van der Waals surface area contributed by atoms with E-state index < -0.39 is 5.97 Å². The van der Waals surface area contributed by atoms with Crippen molar-refractivity contribution in [2.45, 2.75) is 19.8 Å². The van der Waals surface area contributed by atoms with Crippen molar-refractivity contribution in [2.75, 3.05) is 20.7 Å². The van der Waals surface area contributed by atoms with Crippen molar-refractivity contribution in [1.29, 1.82) is 0 Å². The molecular formula is C14H18INO3. The fourth-order valence-electron chi connectivity index (χ4n) is 1.67. The Morgan fingerprint density at radius 1 is 1.26 bits per heavy atom. The number of hydrogen-bond donors (Lipinski definition) is 0. The second-order valence-electron chi connectivity index (χ2n) is 4.30. The van der Waals surface area contributed by atoms with Gasteiger partial charge in [-0.05, 0) is 47.2 Å². The summed E-state index contributed by atoms with van der Waals surface area (Å²) in [6, 6.07) is 5.06. The van der Waals surface area contributed by atoms with Gasteiger partial charge < -0.3 is 9.64 Å². The van der Waals surface area contributed by atoms with Crippen molar-refractivity contribution in [1.82, 2.24) is 4.90 Å². The number of carbonyl (C=O) groups excluding carboxylic acids is 2. The van der Waals surface area contributed by atoms with E-state index in [2.05, 4.69) is 34.3 Å². The van der Waals surface area contributed by atoms with Crippen LogP contribution in [0.25, 0.3) is 0 Å². The van der Waals surface area contributed by atoms with Gasteiger partial charge in [-0.15, -0.1) is 0 Å². The summed E-state index contributed by atoms with van der Waals surface area (Å²) in [5, 5.41) is 0. The van der Waals surface area contributed by atoms with Gasteiger partial charge in [0.2, 0.25) is 0 Å². The van der Waals surface area contributed by atoms with Crippen LogP contribution in [-0.4, -0.2) is 37.5 Å². The molecule has 0 radical (unpaired) electrons. The minimum atomic E-state index is -0.427. The van der Waals surface area contributed by atoms with Crippen LogP contribution in [-0.2, 0) is 4.74 Å². The Hall–Kier alpha value is -1.11. The molecule has 0 fully saturated rings. The van der Waals surface area contributed by atoms with E-state index in [9.17, 15) is 9.59 Å². The number of carbonyl (C=O) groups is 2. The second kappa shape index (κ2) is 7.47. The van der Waals surface area contributed by atoms with Gasteiger partial charge in [-0.2, -0.15) is 0 Å². The lowest BCUT2D eigenvalue weighted by atomic mass is 10.1. The maximum Gasteiger partial charge on any atom is 0.337 e. The molecular weight excluding hydrogens is 357 g/mol. The largest absolute Gasteiger partial charge is 0.465 e. The molecule has 1 amide bonds. The number of hydrogen-bond acceptors (Lipinski definition) is 3. The van der Waals surface area contributed by atoms with Crippen molar-refractivity contribution in [3.63, 3.8) is 0 Å². The Bertz CT molecular complexity index is 474. The van der Waals surface area contributed by atoms with Crippen LogP contribution in [0.5, 0.6) is 0 Å². The van der Waals surface area contributed by atoms with Gasteiger partial charge in [-0.25, -0.2) is 4.79 Å². The average Bonchev–Trinajstić information content (AvgIpc) is 2.42. The highest BCUT2D eigenvalue weighted by Crippen LogP contribution is 2.15. The normalized spacial score (nSPS) is 10.1. The Balaban J connectivity index is 2.96. The lowest BCUT2D eigenvalue weighted by Gasteiger charge is -2.17. The molecule has 0 aromatic heterocycles. The molecule has 0 heterocycles. The maximum absolute atomic E-state index is 12.2. The van der Waals surface area contributed by atoms with Crippen LogP contribution in [0, 0.1) is 3.57 Å². The third-order valence-corrected chi connectivity index (χ3v) is 3.38. The zero-order valence-corrected chi connectivity index (χ0v) is 13.6. The minimum Gasteiger partial charge on any atom is -0.465 e. The molecule has 0 unspecified atom stereocenters. The first kappa shape index (κ1) is 15.9. The molecule has 5 heteroatoms.